The Morgan fingerprint density at radius 3 is 1.94 bits per heavy atom. The third kappa shape index (κ3) is 2.31. The van der Waals surface area contributed by atoms with Crippen molar-refractivity contribution >= 4 is 10.1 Å². The molecule has 4 saturated carbocycles. The number of hydrogen-bond acceptors (Lipinski definition) is 3. The van der Waals surface area contributed by atoms with Gasteiger partial charge in [-0.3, -0.25) is 0 Å². The molecular formula is C13H20FO3S-. The summed E-state index contributed by atoms with van der Waals surface area (Å²) in [5.74, 6) is 2.33. The van der Waals surface area contributed by atoms with E-state index >= 15 is 0 Å². The maximum atomic E-state index is 13.3. The van der Waals surface area contributed by atoms with Crippen molar-refractivity contribution in [3.05, 3.63) is 0 Å². The zero-order valence-corrected chi connectivity index (χ0v) is 11.3. The Morgan fingerprint density at radius 2 is 1.56 bits per heavy atom. The molecule has 4 aliphatic rings. The monoisotopic (exact) mass is 275 g/mol. The van der Waals surface area contributed by atoms with Gasteiger partial charge in [0, 0.05) is 0 Å². The minimum absolute atomic E-state index is 0.0992. The van der Waals surface area contributed by atoms with Crippen LogP contribution in [0, 0.1) is 23.2 Å². The molecule has 1 unspecified atom stereocenters. The second-order valence-corrected chi connectivity index (χ2v) is 8.36. The van der Waals surface area contributed by atoms with Crippen molar-refractivity contribution in [1.82, 2.24) is 0 Å². The lowest BCUT2D eigenvalue weighted by molar-refractivity contribution is -0.0594. The van der Waals surface area contributed by atoms with Crippen molar-refractivity contribution in [2.45, 2.75) is 56.9 Å². The maximum Gasteiger partial charge on any atom is 0.189 e. The fourth-order valence-corrected chi connectivity index (χ4v) is 5.57. The van der Waals surface area contributed by atoms with Crippen molar-refractivity contribution in [3.63, 3.8) is 0 Å². The SMILES string of the molecule is O=S(=O)([O-])C(F)CCC12CC3CC(CC(C3)C1)C2. The predicted octanol–water partition coefficient (Wildman–Crippen LogP) is 2.82. The first-order valence-corrected chi connectivity index (χ1v) is 8.42. The molecule has 3 nitrogen and oxygen atoms in total. The summed E-state index contributed by atoms with van der Waals surface area (Å²) >= 11 is 0. The average Bonchev–Trinajstić information content (AvgIpc) is 2.22. The summed E-state index contributed by atoms with van der Waals surface area (Å²) in [6.45, 7) is 0. The quantitative estimate of drug-likeness (QED) is 0.741. The first-order valence-electron chi connectivity index (χ1n) is 6.95. The van der Waals surface area contributed by atoms with E-state index in [1.54, 1.807) is 0 Å². The van der Waals surface area contributed by atoms with Crippen LogP contribution in [0.15, 0.2) is 0 Å². The van der Waals surface area contributed by atoms with Gasteiger partial charge in [0.05, 0.1) is 0 Å². The predicted molar refractivity (Wildman–Crippen MR) is 64.4 cm³/mol. The lowest BCUT2D eigenvalue weighted by Crippen LogP contribution is -2.46. The van der Waals surface area contributed by atoms with Crippen LogP contribution in [0.5, 0.6) is 0 Å². The number of alkyl halides is 1. The summed E-state index contributed by atoms with van der Waals surface area (Å²) in [5.41, 5.74) is -2.05. The standard InChI is InChI=1S/C13H21FO3S/c14-12(18(15,16)17)1-2-13-6-9-3-10(7-13)5-11(4-9)8-13/h9-12H,1-8H2,(H,15,16,17)/p-1. The van der Waals surface area contributed by atoms with Gasteiger partial charge in [-0.05, 0) is 74.5 Å². The molecule has 0 aromatic rings. The molecular weight excluding hydrogens is 255 g/mol. The van der Waals surface area contributed by atoms with Crippen molar-refractivity contribution < 1.29 is 17.4 Å². The van der Waals surface area contributed by atoms with Gasteiger partial charge < -0.3 is 4.55 Å². The molecule has 0 aromatic carbocycles. The fourth-order valence-electron chi connectivity index (χ4n) is 5.16. The molecule has 0 aliphatic heterocycles. The Bertz CT molecular complexity index is 396. The van der Waals surface area contributed by atoms with E-state index < -0.39 is 15.6 Å². The second-order valence-electron chi connectivity index (χ2n) is 6.86. The summed E-state index contributed by atoms with van der Waals surface area (Å²) in [6, 6.07) is 0. The highest BCUT2D eigenvalue weighted by Crippen LogP contribution is 2.61. The highest BCUT2D eigenvalue weighted by molar-refractivity contribution is 7.86. The number of halogens is 1. The van der Waals surface area contributed by atoms with Crippen LogP contribution in [0.1, 0.15) is 51.4 Å². The molecule has 1 atom stereocenters. The first-order chi connectivity index (χ1) is 8.36. The van der Waals surface area contributed by atoms with Gasteiger partial charge in [0.1, 0.15) is 10.1 Å². The van der Waals surface area contributed by atoms with Gasteiger partial charge in [0.2, 0.25) is 0 Å². The van der Waals surface area contributed by atoms with E-state index in [-0.39, 0.29) is 11.8 Å². The van der Waals surface area contributed by atoms with E-state index in [9.17, 15) is 17.4 Å². The van der Waals surface area contributed by atoms with Crippen molar-refractivity contribution in [3.8, 4) is 0 Å². The highest BCUT2D eigenvalue weighted by Gasteiger charge is 2.50. The van der Waals surface area contributed by atoms with E-state index in [0.29, 0.717) is 6.42 Å². The molecule has 0 aromatic heterocycles. The molecule has 0 spiro atoms. The topological polar surface area (TPSA) is 57.2 Å². The molecule has 4 fully saturated rings. The van der Waals surface area contributed by atoms with E-state index in [0.717, 1.165) is 37.0 Å². The molecule has 18 heavy (non-hydrogen) atoms. The van der Waals surface area contributed by atoms with E-state index in [4.69, 9.17) is 0 Å². The van der Waals surface area contributed by atoms with Crippen LogP contribution in [0.2, 0.25) is 0 Å². The molecule has 0 radical (unpaired) electrons. The Balaban J connectivity index is 1.66. The molecule has 104 valence electrons. The Hall–Kier alpha value is -0.160. The molecule has 4 aliphatic carbocycles. The molecule has 5 heteroatoms. The third-order valence-corrected chi connectivity index (χ3v) is 6.24. The van der Waals surface area contributed by atoms with Gasteiger partial charge in [0.25, 0.3) is 0 Å². The summed E-state index contributed by atoms with van der Waals surface area (Å²) in [4.78, 5) is 0. The van der Waals surface area contributed by atoms with Crippen LogP contribution in [0.4, 0.5) is 4.39 Å². The molecule has 4 rings (SSSR count). The zero-order valence-electron chi connectivity index (χ0n) is 10.5. The Morgan fingerprint density at radius 1 is 1.11 bits per heavy atom. The van der Waals surface area contributed by atoms with Gasteiger partial charge in [-0.1, -0.05) is 0 Å². The van der Waals surface area contributed by atoms with E-state index in [1.165, 1.54) is 19.3 Å². The zero-order chi connectivity index (χ0) is 13.0. The summed E-state index contributed by atoms with van der Waals surface area (Å²) in [5, 5.41) is 0. The molecule has 0 amide bonds. The van der Waals surface area contributed by atoms with Crippen molar-refractivity contribution in [1.29, 1.82) is 0 Å². The molecule has 0 heterocycles. The van der Waals surface area contributed by atoms with Gasteiger partial charge in [-0.2, -0.15) is 0 Å². The van der Waals surface area contributed by atoms with Crippen LogP contribution in [0.25, 0.3) is 0 Å². The number of rotatable bonds is 4. The second kappa shape index (κ2) is 4.17. The van der Waals surface area contributed by atoms with E-state index in [2.05, 4.69) is 0 Å². The van der Waals surface area contributed by atoms with Crippen LogP contribution in [-0.4, -0.2) is 18.5 Å². The fraction of sp³-hybridized carbons (Fsp3) is 1.00. The van der Waals surface area contributed by atoms with Crippen molar-refractivity contribution in [2.75, 3.05) is 0 Å². The molecule has 0 N–H and O–H groups in total. The Labute approximate surface area is 108 Å². The first kappa shape index (κ1) is 12.9. The largest absolute Gasteiger partial charge is 0.746 e. The lowest BCUT2D eigenvalue weighted by Gasteiger charge is -2.57. The summed E-state index contributed by atoms with van der Waals surface area (Å²) in [6.07, 6.45) is 7.82. The van der Waals surface area contributed by atoms with Gasteiger partial charge in [-0.15, -0.1) is 0 Å². The van der Waals surface area contributed by atoms with Crippen molar-refractivity contribution in [2.24, 2.45) is 23.2 Å². The summed E-state index contributed by atoms with van der Waals surface area (Å²) < 4.78 is 45.1. The minimum Gasteiger partial charge on any atom is -0.746 e. The average molecular weight is 275 g/mol. The number of hydrogen-bond donors (Lipinski definition) is 0. The molecule has 0 saturated heterocycles. The smallest absolute Gasteiger partial charge is 0.189 e. The third-order valence-electron chi connectivity index (χ3n) is 5.38. The molecule has 4 bridgehead atoms. The minimum atomic E-state index is -4.75. The normalized spacial score (nSPS) is 44.2. The van der Waals surface area contributed by atoms with Crippen LogP contribution >= 0.6 is 0 Å². The van der Waals surface area contributed by atoms with Crippen LogP contribution in [0.3, 0.4) is 0 Å². The van der Waals surface area contributed by atoms with Gasteiger partial charge in [-0.25, -0.2) is 12.8 Å². The Kier molecular flexibility index (Phi) is 2.98. The van der Waals surface area contributed by atoms with Gasteiger partial charge in [0.15, 0.2) is 5.50 Å². The van der Waals surface area contributed by atoms with Crippen LogP contribution in [-0.2, 0) is 10.1 Å². The summed E-state index contributed by atoms with van der Waals surface area (Å²) in [7, 11) is -4.75. The maximum absolute atomic E-state index is 13.3. The van der Waals surface area contributed by atoms with E-state index in [1.807, 2.05) is 0 Å². The van der Waals surface area contributed by atoms with Crippen LogP contribution < -0.4 is 0 Å². The van der Waals surface area contributed by atoms with Gasteiger partial charge >= 0.3 is 0 Å². The highest BCUT2D eigenvalue weighted by atomic mass is 32.2. The lowest BCUT2D eigenvalue weighted by atomic mass is 9.48.